The number of anilines is 1. The Kier molecular flexibility index (Phi) is 5.68. The first-order valence-corrected chi connectivity index (χ1v) is 7.97. The average molecular weight is 286 g/mol. The summed E-state index contributed by atoms with van der Waals surface area (Å²) >= 11 is 0. The number of aromatic nitrogens is 2. The van der Waals surface area contributed by atoms with Crippen molar-refractivity contribution in [3.8, 4) is 0 Å². The van der Waals surface area contributed by atoms with Crippen LogP contribution in [0.5, 0.6) is 0 Å². The Morgan fingerprint density at radius 2 is 1.79 bits per heavy atom. The van der Waals surface area contributed by atoms with Crippen LogP contribution in [-0.2, 0) is 10.0 Å². The van der Waals surface area contributed by atoms with E-state index in [1.165, 1.54) is 12.4 Å². The molecule has 0 amide bonds. The third kappa shape index (κ3) is 4.43. The second-order valence-electron chi connectivity index (χ2n) is 4.65. The smallest absolute Gasteiger partial charge is 0.243 e. The van der Waals surface area contributed by atoms with Crippen molar-refractivity contribution in [1.82, 2.24) is 14.7 Å². The van der Waals surface area contributed by atoms with Gasteiger partial charge in [-0.25, -0.2) is 23.1 Å². The van der Waals surface area contributed by atoms with Gasteiger partial charge in [0, 0.05) is 12.6 Å². The standard InChI is InChI=1S/C12H22N4O2S/c1-5-11(9(3)4)16-19(17,18)10-7-14-12(13-6-2)15-8-10/h7-9,11,16H,5-6H2,1-4H3,(H,13,14,15). The molecular formula is C12H22N4O2S. The lowest BCUT2D eigenvalue weighted by molar-refractivity contribution is 0.437. The molecule has 19 heavy (non-hydrogen) atoms. The van der Waals surface area contributed by atoms with Gasteiger partial charge in [-0.15, -0.1) is 0 Å². The number of nitrogens with one attached hydrogen (secondary N) is 2. The van der Waals surface area contributed by atoms with Gasteiger partial charge in [-0.2, -0.15) is 0 Å². The van der Waals surface area contributed by atoms with E-state index in [9.17, 15) is 8.42 Å². The van der Waals surface area contributed by atoms with Gasteiger partial charge in [0.1, 0.15) is 4.90 Å². The monoisotopic (exact) mass is 286 g/mol. The Balaban J connectivity index is 2.87. The predicted octanol–water partition coefficient (Wildman–Crippen LogP) is 1.62. The maximum Gasteiger partial charge on any atom is 0.243 e. The van der Waals surface area contributed by atoms with Crippen LogP contribution in [0, 0.1) is 5.92 Å². The third-order valence-corrected chi connectivity index (χ3v) is 4.27. The summed E-state index contributed by atoms with van der Waals surface area (Å²) in [6.07, 6.45) is 3.38. The molecule has 1 atom stereocenters. The quantitative estimate of drug-likeness (QED) is 0.795. The zero-order valence-corrected chi connectivity index (χ0v) is 12.7. The van der Waals surface area contributed by atoms with Crippen molar-refractivity contribution in [2.24, 2.45) is 5.92 Å². The summed E-state index contributed by atoms with van der Waals surface area (Å²) in [6.45, 7) is 8.54. The first-order chi connectivity index (χ1) is 8.90. The van der Waals surface area contributed by atoms with Crippen LogP contribution in [0.2, 0.25) is 0 Å². The van der Waals surface area contributed by atoms with Gasteiger partial charge in [-0.1, -0.05) is 20.8 Å². The maximum absolute atomic E-state index is 12.2. The van der Waals surface area contributed by atoms with Gasteiger partial charge < -0.3 is 5.32 Å². The first kappa shape index (κ1) is 15.8. The molecule has 2 N–H and O–H groups in total. The minimum Gasteiger partial charge on any atom is -0.355 e. The summed E-state index contributed by atoms with van der Waals surface area (Å²) in [5.74, 6) is 0.666. The fourth-order valence-electron chi connectivity index (χ4n) is 1.66. The molecule has 0 aliphatic heterocycles. The van der Waals surface area contributed by atoms with Gasteiger partial charge in [0.2, 0.25) is 16.0 Å². The van der Waals surface area contributed by atoms with Crippen molar-refractivity contribution in [1.29, 1.82) is 0 Å². The zero-order chi connectivity index (χ0) is 14.5. The molecule has 0 aromatic carbocycles. The molecule has 0 fully saturated rings. The van der Waals surface area contributed by atoms with E-state index in [1.807, 2.05) is 27.7 Å². The molecule has 0 saturated heterocycles. The summed E-state index contributed by atoms with van der Waals surface area (Å²) < 4.78 is 27.0. The van der Waals surface area contributed by atoms with Crippen LogP contribution >= 0.6 is 0 Å². The van der Waals surface area contributed by atoms with E-state index in [4.69, 9.17) is 0 Å². The van der Waals surface area contributed by atoms with Crippen molar-refractivity contribution in [2.45, 2.75) is 45.1 Å². The van der Waals surface area contributed by atoms with Crippen LogP contribution in [-0.4, -0.2) is 31.0 Å². The summed E-state index contributed by atoms with van der Waals surface area (Å²) in [5, 5.41) is 2.92. The molecule has 1 unspecified atom stereocenters. The molecule has 0 spiro atoms. The largest absolute Gasteiger partial charge is 0.355 e. The van der Waals surface area contributed by atoms with Gasteiger partial charge in [-0.3, -0.25) is 0 Å². The fraction of sp³-hybridized carbons (Fsp3) is 0.667. The van der Waals surface area contributed by atoms with Crippen molar-refractivity contribution in [3.05, 3.63) is 12.4 Å². The lowest BCUT2D eigenvalue weighted by Crippen LogP contribution is -2.38. The SMILES string of the molecule is CCNc1ncc(S(=O)(=O)NC(CC)C(C)C)cn1. The number of hydrogen-bond donors (Lipinski definition) is 2. The van der Waals surface area contributed by atoms with Gasteiger partial charge in [0.05, 0.1) is 12.4 Å². The molecule has 1 heterocycles. The highest BCUT2D eigenvalue weighted by Crippen LogP contribution is 2.12. The summed E-state index contributed by atoms with van der Waals surface area (Å²) in [6, 6.07) is -0.0848. The van der Waals surface area contributed by atoms with E-state index in [-0.39, 0.29) is 16.9 Å². The van der Waals surface area contributed by atoms with E-state index in [0.29, 0.717) is 12.5 Å². The Hall–Kier alpha value is -1.21. The van der Waals surface area contributed by atoms with Gasteiger partial charge in [0.15, 0.2) is 0 Å². The minimum atomic E-state index is -3.55. The van der Waals surface area contributed by atoms with E-state index in [0.717, 1.165) is 6.42 Å². The highest BCUT2D eigenvalue weighted by Gasteiger charge is 2.21. The summed E-state index contributed by atoms with van der Waals surface area (Å²) in [4.78, 5) is 8.03. The molecule has 0 saturated carbocycles. The van der Waals surface area contributed by atoms with Gasteiger partial charge in [-0.05, 0) is 19.3 Å². The molecule has 0 aliphatic carbocycles. The Morgan fingerprint density at radius 3 is 2.21 bits per heavy atom. The Labute approximate surface area is 115 Å². The molecule has 1 rings (SSSR count). The van der Waals surface area contributed by atoms with Crippen molar-refractivity contribution in [2.75, 3.05) is 11.9 Å². The normalized spacial score (nSPS) is 13.5. The fourth-order valence-corrected chi connectivity index (χ4v) is 3.02. The minimum absolute atomic E-state index is 0.0848. The van der Waals surface area contributed by atoms with Crippen LogP contribution in [0.1, 0.15) is 34.1 Å². The van der Waals surface area contributed by atoms with Crippen molar-refractivity contribution < 1.29 is 8.42 Å². The molecule has 0 aliphatic rings. The summed E-state index contributed by atoms with van der Waals surface area (Å²) in [5.41, 5.74) is 0. The molecule has 1 aromatic heterocycles. The molecule has 6 nitrogen and oxygen atoms in total. The summed E-state index contributed by atoms with van der Waals surface area (Å²) in [7, 11) is -3.55. The van der Waals surface area contributed by atoms with Crippen LogP contribution in [0.3, 0.4) is 0 Å². The Bertz CT molecular complexity index is 485. The molecule has 108 valence electrons. The number of rotatable bonds is 7. The van der Waals surface area contributed by atoms with E-state index < -0.39 is 10.0 Å². The number of nitrogens with zero attached hydrogens (tertiary/aromatic N) is 2. The van der Waals surface area contributed by atoms with Gasteiger partial charge in [0.25, 0.3) is 0 Å². The zero-order valence-electron chi connectivity index (χ0n) is 11.8. The number of hydrogen-bond acceptors (Lipinski definition) is 5. The van der Waals surface area contributed by atoms with E-state index in [1.54, 1.807) is 0 Å². The van der Waals surface area contributed by atoms with Crippen LogP contribution in [0.15, 0.2) is 17.3 Å². The topological polar surface area (TPSA) is 84.0 Å². The third-order valence-electron chi connectivity index (χ3n) is 2.82. The van der Waals surface area contributed by atoms with Crippen molar-refractivity contribution >= 4 is 16.0 Å². The Morgan fingerprint density at radius 1 is 1.21 bits per heavy atom. The second kappa shape index (κ2) is 6.81. The highest BCUT2D eigenvalue weighted by atomic mass is 32.2. The van der Waals surface area contributed by atoms with Crippen LogP contribution < -0.4 is 10.0 Å². The molecular weight excluding hydrogens is 264 g/mol. The second-order valence-corrected chi connectivity index (χ2v) is 6.37. The van der Waals surface area contributed by atoms with E-state index >= 15 is 0 Å². The average Bonchev–Trinajstić information content (AvgIpc) is 2.37. The predicted molar refractivity (Wildman–Crippen MR) is 75.4 cm³/mol. The van der Waals surface area contributed by atoms with Crippen LogP contribution in [0.4, 0.5) is 5.95 Å². The number of sulfonamides is 1. The van der Waals surface area contributed by atoms with Gasteiger partial charge >= 0.3 is 0 Å². The molecule has 0 bridgehead atoms. The van der Waals surface area contributed by atoms with Crippen LogP contribution in [0.25, 0.3) is 0 Å². The van der Waals surface area contributed by atoms with E-state index in [2.05, 4.69) is 20.0 Å². The first-order valence-electron chi connectivity index (χ1n) is 6.49. The highest BCUT2D eigenvalue weighted by molar-refractivity contribution is 7.89. The molecule has 7 heteroatoms. The molecule has 1 aromatic rings. The lowest BCUT2D eigenvalue weighted by Gasteiger charge is -2.20. The van der Waals surface area contributed by atoms with Crippen molar-refractivity contribution in [3.63, 3.8) is 0 Å². The lowest BCUT2D eigenvalue weighted by atomic mass is 10.0. The maximum atomic E-state index is 12.2. The molecule has 0 radical (unpaired) electrons.